The summed E-state index contributed by atoms with van der Waals surface area (Å²) in [4.78, 5) is 0. The second-order valence-electron chi connectivity index (χ2n) is 1.72. The molecule has 68 valence electrons. The first-order chi connectivity index (χ1) is 3.83. The fourth-order valence-electron chi connectivity index (χ4n) is 0. The Bertz CT molecular complexity index is 12.7. The molecule has 0 aromatic carbocycles. The van der Waals surface area contributed by atoms with Gasteiger partial charge in [0.05, 0.1) is 0 Å². The van der Waals surface area contributed by atoms with E-state index < -0.39 is 0 Å². The predicted octanol–water partition coefficient (Wildman–Crippen LogP) is 3.47. The first kappa shape index (κ1) is 22.5. The van der Waals surface area contributed by atoms with Crippen LogP contribution < -0.4 is 0 Å². The second-order valence-corrected chi connectivity index (χ2v) is 1.72. The van der Waals surface area contributed by atoms with Crippen LogP contribution in [-0.4, -0.2) is 11.7 Å². The maximum atomic E-state index is 7.88. The monoisotopic (exact) mass is 150 g/mol. The highest BCUT2D eigenvalue weighted by atomic mass is 16.2. The minimum Gasteiger partial charge on any atom is -0.396 e. The van der Waals surface area contributed by atoms with Gasteiger partial charge < -0.3 is 5.11 Å². The van der Waals surface area contributed by atoms with Crippen LogP contribution >= 0.6 is 0 Å². The summed E-state index contributed by atoms with van der Waals surface area (Å²) in [6, 6.07) is 0. The van der Waals surface area contributed by atoms with Crippen LogP contribution in [0.25, 0.3) is 0 Å². The molecule has 0 aliphatic rings. The molecule has 0 aromatic rings. The highest BCUT2D eigenvalue weighted by Gasteiger charge is 1.57. The van der Waals surface area contributed by atoms with Crippen LogP contribution in [-0.2, 0) is 0 Å². The predicted molar refractivity (Wildman–Crippen MR) is 51.4 cm³/mol. The second kappa shape index (κ2) is 36.2. The average Bonchev–Trinajstić information content (AvgIpc) is 1.88. The quantitative estimate of drug-likeness (QED) is 0.639. The lowest BCUT2D eigenvalue weighted by Crippen LogP contribution is -1.69. The highest BCUT2D eigenvalue weighted by molar-refractivity contribution is 4.12. The molecule has 0 saturated carbocycles. The van der Waals surface area contributed by atoms with Gasteiger partial charge in [0.15, 0.2) is 0 Å². The van der Waals surface area contributed by atoms with Crippen molar-refractivity contribution < 1.29 is 5.11 Å². The molecular weight excluding hydrogens is 124 g/mol. The molecule has 0 heterocycles. The van der Waals surface area contributed by atoms with Crippen molar-refractivity contribution in [2.24, 2.45) is 0 Å². The third kappa shape index (κ3) is 100. The van der Waals surface area contributed by atoms with Gasteiger partial charge >= 0.3 is 0 Å². The summed E-state index contributed by atoms with van der Waals surface area (Å²) in [6.07, 6.45) is 3.51. The van der Waals surface area contributed by atoms with E-state index in [9.17, 15) is 0 Å². The molecule has 1 nitrogen and oxygen atoms in total. The Morgan fingerprint density at radius 2 is 1.00 bits per heavy atom. The molecule has 1 N–H and O–H groups in total. The van der Waals surface area contributed by atoms with E-state index in [2.05, 4.69) is 13.8 Å². The summed E-state index contributed by atoms with van der Waals surface area (Å²) in [7, 11) is 0. The molecule has 0 spiro atoms. The minimum absolute atomic E-state index is 0. The SMILES string of the molecule is C.C.CCCC.CCCO. The third-order valence-corrected chi connectivity index (χ3v) is 0.724. The number of hydrogen-bond donors (Lipinski definition) is 1. The van der Waals surface area contributed by atoms with Crippen LogP contribution in [0.3, 0.4) is 0 Å². The average molecular weight is 150 g/mol. The number of rotatable bonds is 2. The standard InChI is InChI=1S/C4H10.C3H8O.2CH4/c1-3-4-2;1-2-3-4;;/h3-4H2,1-2H3;4H,2-3H2,1H3;2*1H4. The zero-order valence-electron chi connectivity index (χ0n) is 6.28. The number of hydrogen-bond acceptors (Lipinski definition) is 1. The van der Waals surface area contributed by atoms with Crippen molar-refractivity contribution in [2.75, 3.05) is 6.61 Å². The van der Waals surface area contributed by atoms with Gasteiger partial charge in [0.1, 0.15) is 0 Å². The first-order valence-electron chi connectivity index (χ1n) is 3.44. The van der Waals surface area contributed by atoms with Crippen molar-refractivity contribution in [3.63, 3.8) is 0 Å². The van der Waals surface area contributed by atoms with E-state index in [4.69, 9.17) is 5.11 Å². The Hall–Kier alpha value is -0.0400. The fraction of sp³-hybridized carbons (Fsp3) is 1.00. The lowest BCUT2D eigenvalue weighted by molar-refractivity contribution is 0.295. The van der Waals surface area contributed by atoms with Crippen molar-refractivity contribution in [3.8, 4) is 0 Å². The van der Waals surface area contributed by atoms with Gasteiger partial charge in [0, 0.05) is 6.61 Å². The van der Waals surface area contributed by atoms with E-state index >= 15 is 0 Å². The molecule has 0 saturated heterocycles. The Balaban J connectivity index is -0.0000000300. The van der Waals surface area contributed by atoms with Gasteiger partial charge in [0.2, 0.25) is 0 Å². The summed E-state index contributed by atoms with van der Waals surface area (Å²) in [6.45, 7) is 6.61. The van der Waals surface area contributed by atoms with Crippen molar-refractivity contribution >= 4 is 0 Å². The third-order valence-electron chi connectivity index (χ3n) is 0.724. The first-order valence-corrected chi connectivity index (χ1v) is 3.44. The minimum atomic E-state index is 0. The topological polar surface area (TPSA) is 20.2 Å². The van der Waals surface area contributed by atoms with Crippen LogP contribution in [0, 0.1) is 0 Å². The lowest BCUT2D eigenvalue weighted by Gasteiger charge is -1.69. The fourth-order valence-corrected chi connectivity index (χ4v) is 0. The zero-order chi connectivity index (χ0) is 6.83. The van der Waals surface area contributed by atoms with E-state index in [0.29, 0.717) is 6.61 Å². The molecule has 0 radical (unpaired) electrons. The maximum absolute atomic E-state index is 7.88. The number of aliphatic hydroxyl groups is 1. The summed E-state index contributed by atoms with van der Waals surface area (Å²) < 4.78 is 0. The number of unbranched alkanes of at least 4 members (excludes halogenated alkanes) is 1. The molecule has 0 bridgehead atoms. The van der Waals surface area contributed by atoms with Gasteiger partial charge in [-0.25, -0.2) is 0 Å². The smallest absolute Gasteiger partial charge is 0.0428 e. The Morgan fingerprint density at radius 1 is 0.800 bits per heavy atom. The van der Waals surface area contributed by atoms with E-state index in [1.165, 1.54) is 12.8 Å². The van der Waals surface area contributed by atoms with Crippen LogP contribution in [0.4, 0.5) is 0 Å². The van der Waals surface area contributed by atoms with Gasteiger partial charge in [-0.2, -0.15) is 0 Å². The van der Waals surface area contributed by atoms with E-state index in [1.54, 1.807) is 0 Å². The Morgan fingerprint density at radius 3 is 1.00 bits per heavy atom. The molecule has 0 amide bonds. The molecule has 0 rings (SSSR count). The molecule has 0 fully saturated rings. The van der Waals surface area contributed by atoms with Gasteiger partial charge in [-0.15, -0.1) is 0 Å². The van der Waals surface area contributed by atoms with Crippen molar-refractivity contribution in [1.29, 1.82) is 0 Å². The van der Waals surface area contributed by atoms with Crippen molar-refractivity contribution in [2.45, 2.75) is 54.9 Å². The van der Waals surface area contributed by atoms with Gasteiger partial charge in [0.25, 0.3) is 0 Å². The summed E-state index contributed by atoms with van der Waals surface area (Å²) >= 11 is 0. The maximum Gasteiger partial charge on any atom is 0.0428 e. The summed E-state index contributed by atoms with van der Waals surface area (Å²) in [5, 5.41) is 7.88. The Labute approximate surface area is 67.5 Å². The van der Waals surface area contributed by atoms with Crippen molar-refractivity contribution in [1.82, 2.24) is 0 Å². The number of aliphatic hydroxyl groups excluding tert-OH is 1. The molecule has 10 heavy (non-hydrogen) atoms. The molecule has 1 heteroatoms. The van der Waals surface area contributed by atoms with Gasteiger partial charge in [-0.3, -0.25) is 0 Å². The van der Waals surface area contributed by atoms with E-state index in [1.807, 2.05) is 6.92 Å². The van der Waals surface area contributed by atoms with Crippen LogP contribution in [0.2, 0.25) is 0 Å². The van der Waals surface area contributed by atoms with Crippen LogP contribution in [0.1, 0.15) is 54.9 Å². The van der Waals surface area contributed by atoms with E-state index in [0.717, 1.165) is 6.42 Å². The molecule has 0 aromatic heterocycles. The molecule has 0 aliphatic carbocycles. The largest absolute Gasteiger partial charge is 0.396 e. The Kier molecular flexibility index (Phi) is 81.5. The molecule has 0 atom stereocenters. The summed E-state index contributed by atoms with van der Waals surface area (Å²) in [5.74, 6) is 0. The zero-order valence-corrected chi connectivity index (χ0v) is 6.28. The lowest BCUT2D eigenvalue weighted by atomic mass is 10.4. The highest BCUT2D eigenvalue weighted by Crippen LogP contribution is 1.76. The van der Waals surface area contributed by atoms with Gasteiger partial charge in [-0.1, -0.05) is 48.5 Å². The molecule has 0 aliphatic heterocycles. The summed E-state index contributed by atoms with van der Waals surface area (Å²) in [5.41, 5.74) is 0. The van der Waals surface area contributed by atoms with Crippen LogP contribution in [0.15, 0.2) is 0 Å². The van der Waals surface area contributed by atoms with Gasteiger partial charge in [-0.05, 0) is 6.42 Å². The molecule has 0 unspecified atom stereocenters. The van der Waals surface area contributed by atoms with Crippen LogP contribution in [0.5, 0.6) is 0 Å². The van der Waals surface area contributed by atoms with E-state index in [-0.39, 0.29) is 14.9 Å². The van der Waals surface area contributed by atoms with Crippen molar-refractivity contribution in [3.05, 3.63) is 0 Å². The molecular formula is C9H26O. The normalized spacial score (nSPS) is 6.00.